The number of hydrogen-bond acceptors (Lipinski definition) is 5. The standard InChI is InChI=1S/C26H28N4O4/c1-33-20-10-11-23(34-2)21(16-20)24-22(17-30(27-24)19-6-4-3-5-7-19)26(32)29-14-12-28(13-15-29)25(31)18-8-9-18/h3-7,10-11,16-18H,8-9,12-15H2,1-2H3. The Morgan fingerprint density at radius 2 is 1.62 bits per heavy atom. The first-order valence-corrected chi connectivity index (χ1v) is 11.5. The molecule has 1 aliphatic heterocycles. The van der Waals surface area contributed by atoms with E-state index in [1.54, 1.807) is 30.0 Å². The van der Waals surface area contributed by atoms with Gasteiger partial charge in [0.25, 0.3) is 5.91 Å². The highest BCUT2D eigenvalue weighted by atomic mass is 16.5. The number of carbonyl (C=O) groups excluding carboxylic acids is 2. The predicted molar refractivity (Wildman–Crippen MR) is 127 cm³/mol. The fraction of sp³-hybridized carbons (Fsp3) is 0.346. The summed E-state index contributed by atoms with van der Waals surface area (Å²) >= 11 is 0. The summed E-state index contributed by atoms with van der Waals surface area (Å²) < 4.78 is 12.7. The minimum Gasteiger partial charge on any atom is -0.497 e. The fourth-order valence-corrected chi connectivity index (χ4v) is 4.33. The number of rotatable bonds is 6. The third-order valence-electron chi connectivity index (χ3n) is 6.43. The van der Waals surface area contributed by atoms with Crippen LogP contribution in [0.1, 0.15) is 23.2 Å². The summed E-state index contributed by atoms with van der Waals surface area (Å²) in [5.41, 5.74) is 2.55. The van der Waals surface area contributed by atoms with Crippen LogP contribution in [0.2, 0.25) is 0 Å². The van der Waals surface area contributed by atoms with Crippen molar-refractivity contribution in [1.29, 1.82) is 0 Å². The Kier molecular flexibility index (Phi) is 5.96. The van der Waals surface area contributed by atoms with Gasteiger partial charge in [-0.25, -0.2) is 4.68 Å². The normalized spacial score (nSPS) is 15.8. The van der Waals surface area contributed by atoms with Crippen LogP contribution in [0.25, 0.3) is 16.9 Å². The van der Waals surface area contributed by atoms with Crippen molar-refractivity contribution in [2.45, 2.75) is 12.8 Å². The molecule has 1 aliphatic carbocycles. The lowest BCUT2D eigenvalue weighted by atomic mass is 10.1. The molecule has 2 amide bonds. The SMILES string of the molecule is COc1ccc(OC)c(-c2nn(-c3ccccc3)cc2C(=O)N2CCN(C(=O)C3CC3)CC2)c1. The molecule has 2 aliphatic rings. The third kappa shape index (κ3) is 4.23. The highest BCUT2D eigenvalue weighted by molar-refractivity contribution is 6.01. The molecule has 3 aromatic rings. The average molecular weight is 461 g/mol. The van der Waals surface area contributed by atoms with Gasteiger partial charge < -0.3 is 19.3 Å². The molecule has 1 aromatic heterocycles. The van der Waals surface area contributed by atoms with Crippen LogP contribution in [0.5, 0.6) is 11.5 Å². The molecule has 34 heavy (non-hydrogen) atoms. The molecule has 176 valence electrons. The van der Waals surface area contributed by atoms with Crippen LogP contribution >= 0.6 is 0 Å². The molecule has 1 saturated carbocycles. The summed E-state index contributed by atoms with van der Waals surface area (Å²) in [6.45, 7) is 2.13. The number of piperazine rings is 1. The largest absolute Gasteiger partial charge is 0.497 e. The van der Waals surface area contributed by atoms with E-state index in [0.29, 0.717) is 54.5 Å². The molecular weight excluding hydrogens is 432 g/mol. The summed E-state index contributed by atoms with van der Waals surface area (Å²) in [6.07, 6.45) is 3.75. The second-order valence-electron chi connectivity index (χ2n) is 8.63. The first-order chi connectivity index (χ1) is 16.6. The second-order valence-corrected chi connectivity index (χ2v) is 8.63. The Bertz CT molecular complexity index is 1190. The number of methoxy groups -OCH3 is 2. The third-order valence-corrected chi connectivity index (χ3v) is 6.43. The molecule has 2 aromatic carbocycles. The zero-order valence-electron chi connectivity index (χ0n) is 19.4. The van der Waals surface area contributed by atoms with Gasteiger partial charge in [-0.05, 0) is 43.2 Å². The van der Waals surface area contributed by atoms with Crippen LogP contribution in [-0.4, -0.2) is 71.8 Å². The number of hydrogen-bond donors (Lipinski definition) is 0. The minimum atomic E-state index is -0.111. The molecule has 2 fully saturated rings. The quantitative estimate of drug-likeness (QED) is 0.564. The van der Waals surface area contributed by atoms with Crippen molar-refractivity contribution in [2.75, 3.05) is 40.4 Å². The van der Waals surface area contributed by atoms with Crippen molar-refractivity contribution >= 4 is 11.8 Å². The van der Waals surface area contributed by atoms with E-state index >= 15 is 0 Å². The molecule has 0 N–H and O–H groups in total. The predicted octanol–water partition coefficient (Wildman–Crippen LogP) is 3.25. The number of para-hydroxylation sites is 1. The van der Waals surface area contributed by atoms with Crippen molar-refractivity contribution in [3.8, 4) is 28.4 Å². The molecule has 5 rings (SSSR count). The van der Waals surface area contributed by atoms with Crippen LogP contribution in [0.4, 0.5) is 0 Å². The van der Waals surface area contributed by atoms with Crippen molar-refractivity contribution in [1.82, 2.24) is 19.6 Å². The smallest absolute Gasteiger partial charge is 0.257 e. The summed E-state index contributed by atoms with van der Waals surface area (Å²) in [4.78, 5) is 29.8. The number of carbonyl (C=O) groups is 2. The van der Waals surface area contributed by atoms with Crippen molar-refractivity contribution in [3.63, 3.8) is 0 Å². The Balaban J connectivity index is 1.49. The van der Waals surface area contributed by atoms with Crippen molar-refractivity contribution in [2.24, 2.45) is 5.92 Å². The Hall–Kier alpha value is -3.81. The number of amides is 2. The van der Waals surface area contributed by atoms with Crippen LogP contribution in [-0.2, 0) is 4.79 Å². The topological polar surface area (TPSA) is 76.9 Å². The van der Waals surface area contributed by atoms with Gasteiger partial charge in [-0.3, -0.25) is 9.59 Å². The van der Waals surface area contributed by atoms with Crippen LogP contribution in [0.3, 0.4) is 0 Å². The summed E-state index contributed by atoms with van der Waals surface area (Å²) in [7, 11) is 3.19. The molecule has 1 saturated heterocycles. The molecule has 8 nitrogen and oxygen atoms in total. The van der Waals surface area contributed by atoms with E-state index in [4.69, 9.17) is 14.6 Å². The monoisotopic (exact) mass is 460 g/mol. The molecule has 8 heteroatoms. The van der Waals surface area contributed by atoms with E-state index in [9.17, 15) is 9.59 Å². The number of nitrogens with zero attached hydrogens (tertiary/aromatic N) is 4. The Morgan fingerprint density at radius 1 is 0.912 bits per heavy atom. The van der Waals surface area contributed by atoms with Gasteiger partial charge in [-0.2, -0.15) is 5.10 Å². The molecule has 0 unspecified atom stereocenters. The Labute approximate surface area is 198 Å². The molecule has 0 atom stereocenters. The van der Waals surface area contributed by atoms with E-state index in [1.165, 1.54) is 0 Å². The van der Waals surface area contributed by atoms with E-state index in [0.717, 1.165) is 18.5 Å². The lowest BCUT2D eigenvalue weighted by Gasteiger charge is -2.34. The van der Waals surface area contributed by atoms with Gasteiger partial charge >= 0.3 is 0 Å². The van der Waals surface area contributed by atoms with Gasteiger partial charge in [0.1, 0.15) is 17.2 Å². The maximum atomic E-state index is 13.7. The number of aromatic nitrogens is 2. The first kappa shape index (κ1) is 22.0. The van der Waals surface area contributed by atoms with Gasteiger partial charge in [-0.1, -0.05) is 18.2 Å². The number of ether oxygens (including phenoxy) is 2. The molecular formula is C26H28N4O4. The second kappa shape index (κ2) is 9.21. The fourth-order valence-electron chi connectivity index (χ4n) is 4.33. The highest BCUT2D eigenvalue weighted by Crippen LogP contribution is 2.36. The summed E-state index contributed by atoms with van der Waals surface area (Å²) in [5, 5.41) is 4.79. The van der Waals surface area contributed by atoms with Crippen LogP contribution in [0.15, 0.2) is 54.7 Å². The Morgan fingerprint density at radius 3 is 2.26 bits per heavy atom. The van der Waals surface area contributed by atoms with Gasteiger partial charge in [0, 0.05) is 43.9 Å². The molecule has 0 radical (unpaired) electrons. The zero-order valence-corrected chi connectivity index (χ0v) is 19.4. The van der Waals surface area contributed by atoms with E-state index in [2.05, 4.69) is 0 Å². The van der Waals surface area contributed by atoms with Gasteiger partial charge in [0.2, 0.25) is 5.91 Å². The van der Waals surface area contributed by atoms with Crippen LogP contribution < -0.4 is 9.47 Å². The maximum Gasteiger partial charge on any atom is 0.257 e. The summed E-state index contributed by atoms with van der Waals surface area (Å²) in [5.74, 6) is 1.56. The van der Waals surface area contributed by atoms with E-state index in [-0.39, 0.29) is 17.7 Å². The molecule has 2 heterocycles. The van der Waals surface area contributed by atoms with E-state index < -0.39 is 0 Å². The van der Waals surface area contributed by atoms with Gasteiger partial charge in [0.05, 0.1) is 25.5 Å². The highest BCUT2D eigenvalue weighted by Gasteiger charge is 2.36. The first-order valence-electron chi connectivity index (χ1n) is 11.5. The van der Waals surface area contributed by atoms with E-state index in [1.807, 2.05) is 53.4 Å². The number of benzene rings is 2. The van der Waals surface area contributed by atoms with Crippen molar-refractivity contribution < 1.29 is 19.1 Å². The lowest BCUT2D eigenvalue weighted by molar-refractivity contribution is -0.134. The minimum absolute atomic E-state index is 0.111. The summed E-state index contributed by atoms with van der Waals surface area (Å²) in [6, 6.07) is 15.1. The van der Waals surface area contributed by atoms with Crippen molar-refractivity contribution in [3.05, 3.63) is 60.3 Å². The van der Waals surface area contributed by atoms with Crippen LogP contribution in [0, 0.1) is 5.92 Å². The van der Waals surface area contributed by atoms with Gasteiger partial charge in [0.15, 0.2) is 0 Å². The lowest BCUT2D eigenvalue weighted by Crippen LogP contribution is -2.51. The molecule has 0 bridgehead atoms. The molecule has 0 spiro atoms. The zero-order chi connectivity index (χ0) is 23.7. The van der Waals surface area contributed by atoms with Gasteiger partial charge in [-0.15, -0.1) is 0 Å². The average Bonchev–Trinajstić information content (AvgIpc) is 3.66. The maximum absolute atomic E-state index is 13.7.